The molecule has 2 aromatic rings. The molecule has 2 N–H and O–H groups in total. The predicted octanol–water partition coefficient (Wildman–Crippen LogP) is 2.34. The third-order valence-corrected chi connectivity index (χ3v) is 3.24. The molecule has 0 aliphatic rings. The zero-order valence-corrected chi connectivity index (χ0v) is 12.4. The lowest BCUT2D eigenvalue weighted by Crippen LogP contribution is -2.28. The SMILES string of the molecule is Cc1cc(C)c(CNC(=O)c2ccc(C(F)(F)F)cn2)c(=O)[nH]1. The van der Waals surface area contributed by atoms with Gasteiger partial charge < -0.3 is 10.3 Å². The maximum absolute atomic E-state index is 12.4. The average molecular weight is 325 g/mol. The molecule has 0 atom stereocenters. The Kier molecular flexibility index (Phi) is 4.53. The molecule has 0 saturated heterocycles. The fourth-order valence-corrected chi connectivity index (χ4v) is 2.06. The third-order valence-electron chi connectivity index (χ3n) is 3.24. The Morgan fingerprint density at radius 3 is 2.52 bits per heavy atom. The molecule has 0 saturated carbocycles. The Hall–Kier alpha value is -2.64. The van der Waals surface area contributed by atoms with Gasteiger partial charge in [-0.1, -0.05) is 0 Å². The monoisotopic (exact) mass is 325 g/mol. The number of aromatic amines is 1. The summed E-state index contributed by atoms with van der Waals surface area (Å²) in [6.07, 6.45) is -3.91. The Labute approximate surface area is 129 Å². The zero-order valence-electron chi connectivity index (χ0n) is 12.4. The van der Waals surface area contributed by atoms with Gasteiger partial charge in [-0.25, -0.2) is 0 Å². The van der Waals surface area contributed by atoms with Gasteiger partial charge in [-0.05, 0) is 37.6 Å². The van der Waals surface area contributed by atoms with Crippen LogP contribution in [0.1, 0.15) is 32.9 Å². The second-order valence-electron chi connectivity index (χ2n) is 5.06. The van der Waals surface area contributed by atoms with Gasteiger partial charge in [0.1, 0.15) is 5.69 Å². The van der Waals surface area contributed by atoms with Crippen molar-refractivity contribution in [2.24, 2.45) is 0 Å². The summed E-state index contributed by atoms with van der Waals surface area (Å²) in [7, 11) is 0. The molecule has 5 nitrogen and oxygen atoms in total. The predicted molar refractivity (Wildman–Crippen MR) is 76.9 cm³/mol. The van der Waals surface area contributed by atoms with Crippen molar-refractivity contribution < 1.29 is 18.0 Å². The Morgan fingerprint density at radius 1 is 1.30 bits per heavy atom. The lowest BCUT2D eigenvalue weighted by Gasteiger charge is -2.09. The third kappa shape index (κ3) is 3.97. The molecule has 0 aromatic carbocycles. The lowest BCUT2D eigenvalue weighted by atomic mass is 10.1. The second-order valence-corrected chi connectivity index (χ2v) is 5.06. The highest BCUT2D eigenvalue weighted by Crippen LogP contribution is 2.28. The number of aryl methyl sites for hydroxylation is 2. The van der Waals surface area contributed by atoms with E-state index in [1.165, 1.54) is 0 Å². The van der Waals surface area contributed by atoms with E-state index in [2.05, 4.69) is 15.3 Å². The number of hydrogen-bond donors (Lipinski definition) is 2. The summed E-state index contributed by atoms with van der Waals surface area (Å²) < 4.78 is 37.3. The van der Waals surface area contributed by atoms with Crippen molar-refractivity contribution in [2.45, 2.75) is 26.6 Å². The molecule has 2 rings (SSSR count). The highest BCUT2D eigenvalue weighted by Gasteiger charge is 2.30. The summed E-state index contributed by atoms with van der Waals surface area (Å²) in [6, 6.07) is 3.54. The summed E-state index contributed by atoms with van der Waals surface area (Å²) in [5.41, 5.74) is 0.400. The van der Waals surface area contributed by atoms with Gasteiger partial charge in [0.25, 0.3) is 11.5 Å². The minimum absolute atomic E-state index is 0.0387. The summed E-state index contributed by atoms with van der Waals surface area (Å²) in [6.45, 7) is 3.44. The highest BCUT2D eigenvalue weighted by molar-refractivity contribution is 5.92. The first kappa shape index (κ1) is 16.7. The van der Waals surface area contributed by atoms with Crippen LogP contribution in [0.3, 0.4) is 0 Å². The summed E-state index contributed by atoms with van der Waals surface area (Å²) in [4.78, 5) is 29.8. The van der Waals surface area contributed by atoms with Crippen LogP contribution < -0.4 is 10.9 Å². The van der Waals surface area contributed by atoms with E-state index in [-0.39, 0.29) is 17.8 Å². The van der Waals surface area contributed by atoms with Gasteiger partial charge in [0.2, 0.25) is 0 Å². The standard InChI is InChI=1S/C15H14F3N3O2/c1-8-5-9(2)21-13(22)11(8)7-20-14(23)12-4-3-10(6-19-12)15(16,17)18/h3-6H,7H2,1-2H3,(H,20,23)(H,21,22). The fraction of sp³-hybridized carbons (Fsp3) is 0.267. The number of pyridine rings is 2. The number of alkyl halides is 3. The van der Waals surface area contributed by atoms with E-state index in [1.807, 2.05) is 0 Å². The highest BCUT2D eigenvalue weighted by atomic mass is 19.4. The molecule has 0 spiro atoms. The lowest BCUT2D eigenvalue weighted by molar-refractivity contribution is -0.137. The van der Waals surface area contributed by atoms with Crippen molar-refractivity contribution in [1.29, 1.82) is 0 Å². The number of halogens is 3. The first-order valence-electron chi connectivity index (χ1n) is 6.69. The van der Waals surface area contributed by atoms with Crippen LogP contribution in [-0.4, -0.2) is 15.9 Å². The van der Waals surface area contributed by atoms with E-state index in [0.29, 0.717) is 23.0 Å². The van der Waals surface area contributed by atoms with Crippen LogP contribution in [0.25, 0.3) is 0 Å². The topological polar surface area (TPSA) is 74.8 Å². The smallest absolute Gasteiger partial charge is 0.346 e. The molecule has 0 fully saturated rings. The largest absolute Gasteiger partial charge is 0.417 e. The van der Waals surface area contributed by atoms with Gasteiger partial charge in [0.05, 0.1) is 5.56 Å². The van der Waals surface area contributed by atoms with Gasteiger partial charge in [-0.15, -0.1) is 0 Å². The van der Waals surface area contributed by atoms with Crippen molar-refractivity contribution in [3.05, 3.63) is 62.8 Å². The van der Waals surface area contributed by atoms with Gasteiger partial charge in [-0.3, -0.25) is 14.6 Å². The molecule has 0 unspecified atom stereocenters. The summed E-state index contributed by atoms with van der Waals surface area (Å²) >= 11 is 0. The number of nitrogens with zero attached hydrogens (tertiary/aromatic N) is 1. The number of carbonyl (C=O) groups excluding carboxylic acids is 1. The van der Waals surface area contributed by atoms with Gasteiger partial charge >= 0.3 is 6.18 Å². The molecule has 122 valence electrons. The van der Waals surface area contributed by atoms with Crippen LogP contribution in [-0.2, 0) is 12.7 Å². The van der Waals surface area contributed by atoms with Crippen molar-refractivity contribution in [3.63, 3.8) is 0 Å². The number of carbonyl (C=O) groups is 1. The van der Waals surface area contributed by atoms with Crippen molar-refractivity contribution in [2.75, 3.05) is 0 Å². The van der Waals surface area contributed by atoms with E-state index >= 15 is 0 Å². The van der Waals surface area contributed by atoms with Crippen LogP contribution in [0.15, 0.2) is 29.2 Å². The number of H-pyrrole nitrogens is 1. The van der Waals surface area contributed by atoms with Crippen molar-refractivity contribution >= 4 is 5.91 Å². The van der Waals surface area contributed by atoms with Crippen LogP contribution >= 0.6 is 0 Å². The van der Waals surface area contributed by atoms with E-state index in [1.54, 1.807) is 19.9 Å². The fourth-order valence-electron chi connectivity index (χ4n) is 2.06. The van der Waals surface area contributed by atoms with E-state index < -0.39 is 17.6 Å². The number of hydrogen-bond acceptors (Lipinski definition) is 3. The quantitative estimate of drug-likeness (QED) is 0.909. The van der Waals surface area contributed by atoms with Gasteiger partial charge in [0.15, 0.2) is 0 Å². The molecule has 0 aliphatic carbocycles. The molecule has 1 amide bonds. The molecule has 8 heteroatoms. The Morgan fingerprint density at radius 2 is 2.00 bits per heavy atom. The number of amides is 1. The maximum atomic E-state index is 12.4. The minimum Gasteiger partial charge on any atom is -0.346 e. The van der Waals surface area contributed by atoms with E-state index in [4.69, 9.17) is 0 Å². The second kappa shape index (κ2) is 6.23. The normalized spacial score (nSPS) is 11.3. The van der Waals surface area contributed by atoms with E-state index in [9.17, 15) is 22.8 Å². The Balaban J connectivity index is 2.10. The zero-order chi connectivity index (χ0) is 17.2. The molecule has 0 aliphatic heterocycles. The van der Waals surface area contributed by atoms with Gasteiger partial charge in [-0.2, -0.15) is 13.2 Å². The Bertz CT molecular complexity index is 780. The minimum atomic E-state index is -4.51. The first-order valence-corrected chi connectivity index (χ1v) is 6.69. The molecule has 0 bridgehead atoms. The van der Waals surface area contributed by atoms with Crippen molar-refractivity contribution in [1.82, 2.24) is 15.3 Å². The molecule has 0 radical (unpaired) electrons. The number of aromatic nitrogens is 2. The average Bonchev–Trinajstić information content (AvgIpc) is 2.45. The van der Waals surface area contributed by atoms with Gasteiger partial charge in [0, 0.05) is 24.0 Å². The molecule has 2 aromatic heterocycles. The van der Waals surface area contributed by atoms with Crippen LogP contribution in [0, 0.1) is 13.8 Å². The first-order chi connectivity index (χ1) is 10.7. The van der Waals surface area contributed by atoms with Crippen molar-refractivity contribution in [3.8, 4) is 0 Å². The number of rotatable bonds is 3. The molecule has 2 heterocycles. The maximum Gasteiger partial charge on any atom is 0.417 e. The molecular formula is C15H14F3N3O2. The van der Waals surface area contributed by atoms with Crippen LogP contribution in [0.4, 0.5) is 13.2 Å². The van der Waals surface area contributed by atoms with Crippen LogP contribution in [0.2, 0.25) is 0 Å². The van der Waals surface area contributed by atoms with E-state index in [0.717, 1.165) is 12.1 Å². The number of nitrogens with one attached hydrogen (secondary N) is 2. The summed E-state index contributed by atoms with van der Waals surface area (Å²) in [5.74, 6) is -0.655. The van der Waals surface area contributed by atoms with Crippen LogP contribution in [0.5, 0.6) is 0 Å². The molecular weight excluding hydrogens is 311 g/mol. The molecule has 23 heavy (non-hydrogen) atoms. The summed E-state index contributed by atoms with van der Waals surface area (Å²) in [5, 5.41) is 2.47.